The Balaban J connectivity index is 2.43. The Morgan fingerprint density at radius 2 is 2.45 bits per heavy atom. The molecule has 0 radical (unpaired) electrons. The summed E-state index contributed by atoms with van der Waals surface area (Å²) in [6.45, 7) is 4.68. The molecule has 1 aliphatic rings. The zero-order chi connectivity index (χ0) is 8.27. The molecule has 0 fully saturated rings. The van der Waals surface area contributed by atoms with Crippen LogP contribution in [0.4, 0.5) is 0 Å². The highest BCUT2D eigenvalue weighted by Crippen LogP contribution is 1.92. The molecule has 0 unspecified atom stereocenters. The van der Waals surface area contributed by atoms with Crippen LogP contribution in [-0.2, 0) is 0 Å². The maximum atomic E-state index is 5.44. The highest BCUT2D eigenvalue weighted by atomic mass is 15.4. The van der Waals surface area contributed by atoms with Crippen LogP contribution in [0.25, 0.3) is 0 Å². The topological polar surface area (TPSA) is 53.7 Å². The van der Waals surface area contributed by atoms with Crippen molar-refractivity contribution in [1.82, 2.24) is 10.3 Å². The lowest BCUT2D eigenvalue weighted by molar-refractivity contribution is 0.402. The fourth-order valence-electron chi connectivity index (χ4n) is 0.814. The molecule has 0 saturated heterocycles. The van der Waals surface area contributed by atoms with E-state index < -0.39 is 0 Å². The molecule has 0 aromatic heterocycles. The van der Waals surface area contributed by atoms with Crippen LogP contribution in [0, 0.1) is 0 Å². The normalized spacial score (nSPS) is 17.1. The van der Waals surface area contributed by atoms with Gasteiger partial charge in [0.05, 0.1) is 0 Å². The average Bonchev–Trinajstić information content (AvgIpc) is 1.93. The van der Waals surface area contributed by atoms with Crippen molar-refractivity contribution < 1.29 is 0 Å². The first kappa shape index (κ1) is 8.07. The Morgan fingerprint density at radius 1 is 1.73 bits per heavy atom. The molecule has 11 heavy (non-hydrogen) atoms. The first-order valence-electron chi connectivity index (χ1n) is 3.69. The van der Waals surface area contributed by atoms with Crippen LogP contribution in [-0.4, -0.2) is 23.6 Å². The van der Waals surface area contributed by atoms with Gasteiger partial charge in [-0.3, -0.25) is 5.01 Å². The van der Waals surface area contributed by atoms with E-state index in [0.717, 1.165) is 5.84 Å². The van der Waals surface area contributed by atoms with Crippen LogP contribution < -0.4 is 11.2 Å². The molecule has 3 N–H and O–H groups in total. The number of nitrogens with zero attached hydrogens (tertiary/aromatic N) is 2. The van der Waals surface area contributed by atoms with E-state index in [0.29, 0.717) is 12.7 Å². The molecule has 0 aromatic carbocycles. The quantitative estimate of drug-likeness (QED) is 0.524. The summed E-state index contributed by atoms with van der Waals surface area (Å²) in [7, 11) is 0. The van der Waals surface area contributed by atoms with Gasteiger partial charge in [0.15, 0.2) is 0 Å². The second-order valence-corrected chi connectivity index (χ2v) is 2.81. The van der Waals surface area contributed by atoms with Gasteiger partial charge in [0.25, 0.3) is 0 Å². The fraction of sp³-hybridized carbons (Fsp3) is 0.571. The van der Waals surface area contributed by atoms with E-state index in [9.17, 15) is 0 Å². The molecule has 0 spiro atoms. The Bertz CT molecular complexity index is 183. The zero-order valence-corrected chi connectivity index (χ0v) is 6.91. The third-order valence-corrected chi connectivity index (χ3v) is 1.26. The van der Waals surface area contributed by atoms with Crippen LogP contribution in [0.3, 0.4) is 0 Å². The number of nitrogens with one attached hydrogen (secondary N) is 1. The predicted molar refractivity (Wildman–Crippen MR) is 45.7 cm³/mol. The number of hydrogen-bond acceptors (Lipinski definition) is 4. The van der Waals surface area contributed by atoms with Gasteiger partial charge >= 0.3 is 0 Å². The van der Waals surface area contributed by atoms with E-state index in [1.165, 1.54) is 5.01 Å². The van der Waals surface area contributed by atoms with Gasteiger partial charge in [-0.2, -0.15) is 0 Å². The highest BCUT2D eigenvalue weighted by molar-refractivity contribution is 5.93. The molecule has 0 amide bonds. The molecule has 4 nitrogen and oxygen atoms in total. The Kier molecular flexibility index (Phi) is 2.48. The molecular weight excluding hydrogens is 140 g/mol. The number of nitrogens with two attached hydrogens (primary N) is 1. The molecular formula is C7H14N4. The minimum Gasteiger partial charge on any atom is -0.368 e. The van der Waals surface area contributed by atoms with E-state index in [4.69, 9.17) is 5.84 Å². The number of rotatable bonds is 1. The molecule has 0 aliphatic carbocycles. The fourth-order valence-corrected chi connectivity index (χ4v) is 0.814. The van der Waals surface area contributed by atoms with Crippen molar-refractivity contribution in [1.29, 1.82) is 0 Å². The van der Waals surface area contributed by atoms with Crippen LogP contribution in [0.2, 0.25) is 0 Å². The first-order chi connectivity index (χ1) is 5.18. The van der Waals surface area contributed by atoms with Crippen LogP contribution in [0.5, 0.6) is 0 Å². The standard InChI is InChI=1S/C7H14N4/c1-6(2)10-7-3-4-11(8)5-9-7/h3-4,6H,5,8H2,1-2H3,(H,9,10). The first-order valence-corrected chi connectivity index (χ1v) is 3.69. The van der Waals surface area contributed by atoms with Crippen molar-refractivity contribution in [2.75, 3.05) is 6.67 Å². The van der Waals surface area contributed by atoms with Crippen molar-refractivity contribution in [2.45, 2.75) is 19.9 Å². The maximum Gasteiger partial charge on any atom is 0.126 e. The minimum atomic E-state index is 0.419. The molecule has 1 rings (SSSR count). The van der Waals surface area contributed by atoms with Gasteiger partial charge in [-0.05, 0) is 19.9 Å². The number of amidine groups is 1. The minimum absolute atomic E-state index is 0.419. The second-order valence-electron chi connectivity index (χ2n) is 2.81. The third-order valence-electron chi connectivity index (χ3n) is 1.26. The van der Waals surface area contributed by atoms with Gasteiger partial charge in [-0.1, -0.05) is 0 Å². The van der Waals surface area contributed by atoms with Crippen LogP contribution >= 0.6 is 0 Å². The predicted octanol–water partition coefficient (Wildman–Crippen LogP) is 0.0434. The second kappa shape index (κ2) is 3.39. The number of hydrogen-bond donors (Lipinski definition) is 2. The van der Waals surface area contributed by atoms with E-state index in [1.54, 1.807) is 6.20 Å². The molecule has 0 bridgehead atoms. The van der Waals surface area contributed by atoms with Gasteiger partial charge in [0.2, 0.25) is 0 Å². The van der Waals surface area contributed by atoms with E-state index >= 15 is 0 Å². The summed E-state index contributed by atoms with van der Waals surface area (Å²) in [4.78, 5) is 4.17. The lowest BCUT2D eigenvalue weighted by atomic mass is 10.3. The summed E-state index contributed by atoms with van der Waals surface area (Å²) in [6, 6.07) is 0.419. The van der Waals surface area contributed by atoms with E-state index in [-0.39, 0.29) is 0 Å². The SMILES string of the molecule is CC(C)NC1=NCN(N)C=C1. The molecule has 4 heteroatoms. The molecule has 0 aromatic rings. The van der Waals surface area contributed by atoms with Gasteiger partial charge in [0, 0.05) is 12.2 Å². The monoisotopic (exact) mass is 154 g/mol. The lowest BCUT2D eigenvalue weighted by Crippen LogP contribution is -2.35. The zero-order valence-electron chi connectivity index (χ0n) is 6.91. The van der Waals surface area contributed by atoms with Gasteiger partial charge in [0.1, 0.15) is 12.5 Å². The van der Waals surface area contributed by atoms with Crippen molar-refractivity contribution in [3.8, 4) is 0 Å². The molecule has 62 valence electrons. The van der Waals surface area contributed by atoms with Gasteiger partial charge < -0.3 is 5.32 Å². The van der Waals surface area contributed by atoms with Crippen LogP contribution in [0.1, 0.15) is 13.8 Å². The summed E-state index contributed by atoms with van der Waals surface area (Å²) >= 11 is 0. The molecule has 1 heterocycles. The molecule has 0 atom stereocenters. The Morgan fingerprint density at radius 3 is 2.91 bits per heavy atom. The maximum absolute atomic E-state index is 5.44. The smallest absolute Gasteiger partial charge is 0.126 e. The van der Waals surface area contributed by atoms with Crippen LogP contribution in [0.15, 0.2) is 17.3 Å². The average molecular weight is 154 g/mol. The lowest BCUT2D eigenvalue weighted by Gasteiger charge is -2.18. The van der Waals surface area contributed by atoms with Gasteiger partial charge in [-0.15, -0.1) is 0 Å². The van der Waals surface area contributed by atoms with E-state index in [1.807, 2.05) is 6.08 Å². The molecule has 0 saturated carbocycles. The Labute approximate surface area is 66.7 Å². The van der Waals surface area contributed by atoms with Crippen molar-refractivity contribution in [2.24, 2.45) is 10.8 Å². The largest absolute Gasteiger partial charge is 0.368 e. The number of aliphatic imine (C=N–C) groups is 1. The molecule has 1 aliphatic heterocycles. The van der Waals surface area contributed by atoms with Crippen molar-refractivity contribution >= 4 is 5.84 Å². The van der Waals surface area contributed by atoms with Crippen molar-refractivity contribution in [3.05, 3.63) is 12.3 Å². The Hall–Kier alpha value is -1.03. The summed E-state index contributed by atoms with van der Waals surface area (Å²) in [6.07, 6.45) is 3.67. The van der Waals surface area contributed by atoms with Crippen molar-refractivity contribution in [3.63, 3.8) is 0 Å². The summed E-state index contributed by atoms with van der Waals surface area (Å²) in [5.41, 5.74) is 0. The van der Waals surface area contributed by atoms with E-state index in [2.05, 4.69) is 24.2 Å². The van der Waals surface area contributed by atoms with Gasteiger partial charge in [-0.25, -0.2) is 10.8 Å². The third kappa shape index (κ3) is 2.59. The summed E-state index contributed by atoms with van der Waals surface area (Å²) in [5.74, 6) is 6.34. The number of hydrazine groups is 1. The summed E-state index contributed by atoms with van der Waals surface area (Å²) in [5, 5.41) is 4.72. The summed E-state index contributed by atoms with van der Waals surface area (Å²) < 4.78 is 0. The highest BCUT2D eigenvalue weighted by Gasteiger charge is 2.01.